The molecule has 1 amide bonds. The van der Waals surface area contributed by atoms with E-state index in [0.717, 1.165) is 11.3 Å². The van der Waals surface area contributed by atoms with Crippen LogP contribution in [0.1, 0.15) is 21.7 Å². The van der Waals surface area contributed by atoms with Gasteiger partial charge in [0.2, 0.25) is 0 Å². The molecule has 1 heterocycles. The van der Waals surface area contributed by atoms with Crippen LogP contribution in [0.5, 0.6) is 11.5 Å². The SMILES string of the molecule is COc1cc(C(=O)N(C)Cc2ccco2)cc(Br)c1OCc1ccccc1. The zero-order chi connectivity index (χ0) is 19.2. The molecule has 2 aromatic carbocycles. The number of hydrogen-bond donors (Lipinski definition) is 0. The summed E-state index contributed by atoms with van der Waals surface area (Å²) < 4.78 is 17.3. The number of hydrogen-bond acceptors (Lipinski definition) is 4. The van der Waals surface area contributed by atoms with Gasteiger partial charge in [0.25, 0.3) is 5.91 Å². The number of ether oxygens (including phenoxy) is 2. The minimum atomic E-state index is -0.139. The van der Waals surface area contributed by atoms with Gasteiger partial charge in [-0.05, 0) is 45.8 Å². The molecule has 0 radical (unpaired) electrons. The molecule has 140 valence electrons. The van der Waals surface area contributed by atoms with E-state index in [2.05, 4.69) is 15.9 Å². The van der Waals surface area contributed by atoms with Crippen LogP contribution in [-0.4, -0.2) is 25.0 Å². The van der Waals surface area contributed by atoms with Crippen molar-refractivity contribution in [3.05, 3.63) is 82.2 Å². The average molecular weight is 430 g/mol. The molecule has 0 atom stereocenters. The van der Waals surface area contributed by atoms with Gasteiger partial charge in [-0.25, -0.2) is 0 Å². The molecule has 3 rings (SSSR count). The lowest BCUT2D eigenvalue weighted by Gasteiger charge is -2.18. The van der Waals surface area contributed by atoms with Gasteiger partial charge in [0.15, 0.2) is 11.5 Å². The Morgan fingerprint density at radius 2 is 1.93 bits per heavy atom. The van der Waals surface area contributed by atoms with E-state index in [0.29, 0.717) is 34.7 Å². The second kappa shape index (κ2) is 8.77. The highest BCUT2D eigenvalue weighted by molar-refractivity contribution is 9.10. The Balaban J connectivity index is 1.77. The maximum Gasteiger partial charge on any atom is 0.254 e. The van der Waals surface area contributed by atoms with Gasteiger partial charge < -0.3 is 18.8 Å². The molecule has 0 aliphatic rings. The summed E-state index contributed by atoms with van der Waals surface area (Å²) in [5.74, 6) is 1.64. The molecule has 0 fully saturated rings. The fraction of sp³-hybridized carbons (Fsp3) is 0.190. The molecule has 0 aliphatic carbocycles. The first kappa shape index (κ1) is 19.0. The van der Waals surface area contributed by atoms with Crippen LogP contribution in [-0.2, 0) is 13.2 Å². The zero-order valence-corrected chi connectivity index (χ0v) is 16.7. The molecular formula is C21H20BrNO4. The topological polar surface area (TPSA) is 51.9 Å². The lowest BCUT2D eigenvalue weighted by atomic mass is 10.1. The quantitative estimate of drug-likeness (QED) is 0.535. The van der Waals surface area contributed by atoms with Crippen molar-refractivity contribution in [1.29, 1.82) is 0 Å². The standard InChI is InChI=1S/C21H20BrNO4/c1-23(13-17-9-6-10-26-17)21(24)16-11-18(22)20(19(12-16)25-2)27-14-15-7-4-3-5-8-15/h3-12H,13-14H2,1-2H3. The number of amides is 1. The molecule has 0 N–H and O–H groups in total. The number of halogens is 1. The molecule has 0 unspecified atom stereocenters. The molecule has 5 nitrogen and oxygen atoms in total. The summed E-state index contributed by atoms with van der Waals surface area (Å²) in [7, 11) is 3.28. The van der Waals surface area contributed by atoms with Crippen molar-refractivity contribution in [2.75, 3.05) is 14.2 Å². The molecule has 27 heavy (non-hydrogen) atoms. The van der Waals surface area contributed by atoms with Crippen LogP contribution in [0.2, 0.25) is 0 Å². The van der Waals surface area contributed by atoms with E-state index in [9.17, 15) is 4.79 Å². The first-order chi connectivity index (χ1) is 13.1. The highest BCUT2D eigenvalue weighted by atomic mass is 79.9. The summed E-state index contributed by atoms with van der Waals surface area (Å²) in [6, 6.07) is 16.9. The van der Waals surface area contributed by atoms with E-state index in [1.807, 2.05) is 36.4 Å². The first-order valence-electron chi connectivity index (χ1n) is 8.40. The van der Waals surface area contributed by atoms with Crippen molar-refractivity contribution in [3.63, 3.8) is 0 Å². The number of benzene rings is 2. The maximum atomic E-state index is 12.7. The average Bonchev–Trinajstić information content (AvgIpc) is 3.19. The summed E-state index contributed by atoms with van der Waals surface area (Å²) in [6.45, 7) is 0.791. The summed E-state index contributed by atoms with van der Waals surface area (Å²) in [4.78, 5) is 14.3. The van der Waals surface area contributed by atoms with Crippen molar-refractivity contribution >= 4 is 21.8 Å². The predicted molar refractivity (Wildman–Crippen MR) is 106 cm³/mol. The molecule has 3 aromatic rings. The molecule has 0 saturated carbocycles. The number of furan rings is 1. The minimum absolute atomic E-state index is 0.139. The van der Waals surface area contributed by atoms with Crippen molar-refractivity contribution < 1.29 is 18.7 Å². The van der Waals surface area contributed by atoms with Gasteiger partial charge in [0.05, 0.1) is 24.4 Å². The van der Waals surface area contributed by atoms with Crippen molar-refractivity contribution in [2.24, 2.45) is 0 Å². The molecule has 0 aliphatic heterocycles. The Labute approximate surface area is 166 Å². The Kier molecular flexibility index (Phi) is 6.19. The van der Waals surface area contributed by atoms with Gasteiger partial charge in [-0.15, -0.1) is 0 Å². The second-order valence-electron chi connectivity index (χ2n) is 6.00. The summed E-state index contributed by atoms with van der Waals surface area (Å²) >= 11 is 3.50. The Morgan fingerprint density at radius 1 is 1.15 bits per heavy atom. The number of methoxy groups -OCH3 is 1. The minimum Gasteiger partial charge on any atom is -0.493 e. The third-order valence-corrected chi connectivity index (χ3v) is 4.61. The zero-order valence-electron chi connectivity index (χ0n) is 15.1. The largest absolute Gasteiger partial charge is 0.493 e. The monoisotopic (exact) mass is 429 g/mol. The van der Waals surface area contributed by atoms with E-state index < -0.39 is 0 Å². The Hall–Kier alpha value is -2.73. The van der Waals surface area contributed by atoms with Crippen LogP contribution in [0, 0.1) is 0 Å². The van der Waals surface area contributed by atoms with E-state index >= 15 is 0 Å². The van der Waals surface area contributed by atoms with Crippen molar-refractivity contribution in [3.8, 4) is 11.5 Å². The predicted octanol–water partition coefficient (Wildman–Crippen LogP) is 4.90. The molecule has 1 aromatic heterocycles. The van der Waals surface area contributed by atoms with Gasteiger partial charge in [0.1, 0.15) is 12.4 Å². The molecule has 0 bridgehead atoms. The lowest BCUT2D eigenvalue weighted by molar-refractivity contribution is 0.0775. The Bertz CT molecular complexity index is 894. The van der Waals surface area contributed by atoms with E-state index in [1.54, 1.807) is 43.5 Å². The summed E-state index contributed by atoms with van der Waals surface area (Å²) in [5, 5.41) is 0. The van der Waals surface area contributed by atoms with Gasteiger partial charge in [0, 0.05) is 12.6 Å². The van der Waals surface area contributed by atoms with Crippen LogP contribution in [0.25, 0.3) is 0 Å². The third kappa shape index (κ3) is 4.71. The molecule has 0 spiro atoms. The number of carbonyl (C=O) groups excluding carboxylic acids is 1. The van der Waals surface area contributed by atoms with Crippen molar-refractivity contribution in [2.45, 2.75) is 13.2 Å². The number of rotatable bonds is 7. The summed E-state index contributed by atoms with van der Waals surface area (Å²) in [6.07, 6.45) is 1.59. The van der Waals surface area contributed by atoms with Crippen LogP contribution in [0.15, 0.2) is 69.8 Å². The van der Waals surface area contributed by atoms with E-state index in [1.165, 1.54) is 0 Å². The van der Waals surface area contributed by atoms with Gasteiger partial charge >= 0.3 is 0 Å². The van der Waals surface area contributed by atoms with Gasteiger partial charge in [-0.2, -0.15) is 0 Å². The molecular weight excluding hydrogens is 410 g/mol. The van der Waals surface area contributed by atoms with Crippen LogP contribution >= 0.6 is 15.9 Å². The van der Waals surface area contributed by atoms with Crippen molar-refractivity contribution in [1.82, 2.24) is 4.90 Å². The molecule has 0 saturated heterocycles. The maximum absolute atomic E-state index is 12.7. The van der Waals surface area contributed by atoms with Gasteiger partial charge in [-0.3, -0.25) is 4.79 Å². The first-order valence-corrected chi connectivity index (χ1v) is 9.20. The highest BCUT2D eigenvalue weighted by Crippen LogP contribution is 2.37. The summed E-state index contributed by atoms with van der Waals surface area (Å²) in [5.41, 5.74) is 1.55. The van der Waals surface area contributed by atoms with Gasteiger partial charge in [-0.1, -0.05) is 30.3 Å². The lowest BCUT2D eigenvalue weighted by Crippen LogP contribution is -2.26. The normalized spacial score (nSPS) is 10.5. The fourth-order valence-corrected chi connectivity index (χ4v) is 3.20. The second-order valence-corrected chi connectivity index (χ2v) is 6.86. The molecule has 6 heteroatoms. The smallest absolute Gasteiger partial charge is 0.254 e. The Morgan fingerprint density at radius 3 is 2.59 bits per heavy atom. The third-order valence-electron chi connectivity index (χ3n) is 4.02. The van der Waals surface area contributed by atoms with Crippen LogP contribution in [0.3, 0.4) is 0 Å². The number of nitrogens with zero attached hydrogens (tertiary/aromatic N) is 1. The van der Waals surface area contributed by atoms with Crippen LogP contribution in [0.4, 0.5) is 0 Å². The van der Waals surface area contributed by atoms with E-state index in [4.69, 9.17) is 13.9 Å². The highest BCUT2D eigenvalue weighted by Gasteiger charge is 2.19. The van der Waals surface area contributed by atoms with Crippen LogP contribution < -0.4 is 9.47 Å². The van der Waals surface area contributed by atoms with E-state index in [-0.39, 0.29) is 5.91 Å². The fourth-order valence-electron chi connectivity index (χ4n) is 2.64. The number of carbonyl (C=O) groups is 1.